The molecule has 1 aliphatic rings. The topological polar surface area (TPSA) is 47.7 Å². The molecule has 0 saturated carbocycles. The minimum atomic E-state index is -0.117. The van der Waals surface area contributed by atoms with Crippen LogP contribution >= 0.6 is 12.4 Å². The maximum atomic E-state index is 6.03. The zero-order valence-electron chi connectivity index (χ0n) is 11.3. The summed E-state index contributed by atoms with van der Waals surface area (Å²) in [4.78, 5) is 2.40. The maximum absolute atomic E-state index is 6.03. The van der Waals surface area contributed by atoms with Crippen LogP contribution in [0.15, 0.2) is 0 Å². The average Bonchev–Trinajstić information content (AvgIpc) is 2.16. The summed E-state index contributed by atoms with van der Waals surface area (Å²) in [6, 6.07) is 0. The van der Waals surface area contributed by atoms with Crippen molar-refractivity contribution in [2.75, 3.05) is 40.0 Å². The molecule has 2 N–H and O–H groups in total. The van der Waals surface area contributed by atoms with Gasteiger partial charge < -0.3 is 15.2 Å². The lowest BCUT2D eigenvalue weighted by molar-refractivity contribution is -0.0235. The highest BCUT2D eigenvalue weighted by Crippen LogP contribution is 2.15. The second kappa shape index (κ2) is 8.27. The summed E-state index contributed by atoms with van der Waals surface area (Å²) in [5.41, 5.74) is 5.91. The Kier molecular flexibility index (Phi) is 8.33. The summed E-state index contributed by atoms with van der Waals surface area (Å²) < 4.78 is 10.7. The van der Waals surface area contributed by atoms with E-state index in [1.165, 1.54) is 6.42 Å². The molecule has 0 aromatic rings. The van der Waals surface area contributed by atoms with Crippen molar-refractivity contribution in [2.45, 2.75) is 38.3 Å². The molecule has 104 valence electrons. The van der Waals surface area contributed by atoms with E-state index in [-0.39, 0.29) is 17.9 Å². The Hall–Kier alpha value is 0.130. The van der Waals surface area contributed by atoms with E-state index in [0.717, 1.165) is 26.1 Å². The third-order valence-electron chi connectivity index (χ3n) is 2.73. The van der Waals surface area contributed by atoms with E-state index in [1.807, 2.05) is 0 Å². The minimum absolute atomic E-state index is 0. The van der Waals surface area contributed by atoms with Crippen LogP contribution in [0.1, 0.15) is 26.7 Å². The van der Waals surface area contributed by atoms with E-state index in [2.05, 4.69) is 18.7 Å². The molecule has 17 heavy (non-hydrogen) atoms. The molecule has 0 radical (unpaired) electrons. The van der Waals surface area contributed by atoms with E-state index < -0.39 is 0 Å². The first-order valence-corrected chi connectivity index (χ1v) is 6.13. The quantitative estimate of drug-likeness (QED) is 0.736. The number of hydrogen-bond donors (Lipinski definition) is 1. The Morgan fingerprint density at radius 2 is 2.06 bits per heavy atom. The number of ether oxygens (including phenoxy) is 2. The van der Waals surface area contributed by atoms with Crippen LogP contribution in [-0.4, -0.2) is 56.5 Å². The van der Waals surface area contributed by atoms with E-state index in [9.17, 15) is 0 Å². The van der Waals surface area contributed by atoms with Gasteiger partial charge >= 0.3 is 0 Å². The first-order chi connectivity index (χ1) is 7.51. The molecule has 1 heterocycles. The Labute approximate surface area is 111 Å². The van der Waals surface area contributed by atoms with Gasteiger partial charge in [0.15, 0.2) is 0 Å². The predicted octanol–water partition coefficient (Wildman–Crippen LogP) is 1.27. The fourth-order valence-electron chi connectivity index (χ4n) is 2.17. The first-order valence-electron chi connectivity index (χ1n) is 6.13. The van der Waals surface area contributed by atoms with Crippen molar-refractivity contribution in [3.05, 3.63) is 0 Å². The van der Waals surface area contributed by atoms with Crippen LogP contribution in [0.2, 0.25) is 0 Å². The summed E-state index contributed by atoms with van der Waals surface area (Å²) in [5, 5.41) is 0. The number of methoxy groups -OCH3 is 1. The van der Waals surface area contributed by atoms with Crippen LogP contribution in [0, 0.1) is 0 Å². The zero-order chi connectivity index (χ0) is 12.0. The number of hydrogen-bond acceptors (Lipinski definition) is 4. The van der Waals surface area contributed by atoms with E-state index in [4.69, 9.17) is 15.2 Å². The molecular formula is C12H27ClN2O2. The molecule has 0 spiro atoms. The molecule has 0 aromatic heterocycles. The van der Waals surface area contributed by atoms with Crippen LogP contribution in [0.3, 0.4) is 0 Å². The fourth-order valence-corrected chi connectivity index (χ4v) is 2.17. The van der Waals surface area contributed by atoms with Crippen molar-refractivity contribution in [3.8, 4) is 0 Å². The van der Waals surface area contributed by atoms with E-state index in [0.29, 0.717) is 19.3 Å². The van der Waals surface area contributed by atoms with Gasteiger partial charge in [-0.05, 0) is 33.2 Å². The third-order valence-corrected chi connectivity index (χ3v) is 2.73. The van der Waals surface area contributed by atoms with Gasteiger partial charge in [-0.15, -0.1) is 12.4 Å². The Morgan fingerprint density at radius 1 is 1.35 bits per heavy atom. The van der Waals surface area contributed by atoms with Gasteiger partial charge in [0.2, 0.25) is 0 Å². The van der Waals surface area contributed by atoms with Gasteiger partial charge in [0, 0.05) is 25.7 Å². The van der Waals surface area contributed by atoms with Crippen molar-refractivity contribution >= 4 is 12.4 Å². The molecule has 1 rings (SSSR count). The van der Waals surface area contributed by atoms with Gasteiger partial charge in [-0.2, -0.15) is 0 Å². The molecular weight excluding hydrogens is 240 g/mol. The second-order valence-corrected chi connectivity index (χ2v) is 5.35. The van der Waals surface area contributed by atoms with Crippen molar-refractivity contribution in [3.63, 3.8) is 0 Å². The first kappa shape index (κ1) is 17.1. The second-order valence-electron chi connectivity index (χ2n) is 5.35. The number of halogens is 1. The smallest absolute Gasteiger partial charge is 0.0704 e. The SMILES string of the molecule is COCCOC1CCCN(CC(C)(C)N)C1.Cl. The highest BCUT2D eigenvalue weighted by atomic mass is 35.5. The molecule has 0 aromatic carbocycles. The molecule has 1 aliphatic heterocycles. The summed E-state index contributed by atoms with van der Waals surface area (Å²) >= 11 is 0. The van der Waals surface area contributed by atoms with Gasteiger partial charge in [-0.1, -0.05) is 0 Å². The van der Waals surface area contributed by atoms with Crippen LogP contribution in [0.4, 0.5) is 0 Å². The van der Waals surface area contributed by atoms with Crippen LogP contribution < -0.4 is 5.73 Å². The van der Waals surface area contributed by atoms with Crippen LogP contribution in [0.5, 0.6) is 0 Å². The standard InChI is InChI=1S/C12H26N2O2.ClH/c1-12(2,13)10-14-6-4-5-11(9-14)16-8-7-15-3;/h11H,4-10,13H2,1-3H3;1H. The lowest BCUT2D eigenvalue weighted by Gasteiger charge is -2.36. The fraction of sp³-hybridized carbons (Fsp3) is 1.00. The monoisotopic (exact) mass is 266 g/mol. The summed E-state index contributed by atoms with van der Waals surface area (Å²) in [7, 11) is 1.70. The number of nitrogens with two attached hydrogens (primary N) is 1. The lowest BCUT2D eigenvalue weighted by atomic mass is 10.0. The molecule has 1 atom stereocenters. The van der Waals surface area contributed by atoms with Crippen molar-refractivity contribution < 1.29 is 9.47 Å². The van der Waals surface area contributed by atoms with Crippen molar-refractivity contribution in [2.24, 2.45) is 5.73 Å². The highest BCUT2D eigenvalue weighted by molar-refractivity contribution is 5.85. The molecule has 5 heteroatoms. The minimum Gasteiger partial charge on any atom is -0.382 e. The molecule has 0 amide bonds. The molecule has 0 bridgehead atoms. The lowest BCUT2D eigenvalue weighted by Crippen LogP contribution is -2.50. The molecule has 4 nitrogen and oxygen atoms in total. The van der Waals surface area contributed by atoms with Gasteiger partial charge in [0.25, 0.3) is 0 Å². The Bertz CT molecular complexity index is 197. The average molecular weight is 267 g/mol. The van der Waals surface area contributed by atoms with Gasteiger partial charge in [-0.25, -0.2) is 0 Å². The number of rotatable bonds is 6. The van der Waals surface area contributed by atoms with Gasteiger partial charge in [-0.3, -0.25) is 4.90 Å². The van der Waals surface area contributed by atoms with Crippen LogP contribution in [0.25, 0.3) is 0 Å². The van der Waals surface area contributed by atoms with E-state index in [1.54, 1.807) is 7.11 Å². The number of piperidine rings is 1. The maximum Gasteiger partial charge on any atom is 0.0704 e. The Balaban J connectivity index is 0.00000256. The van der Waals surface area contributed by atoms with Crippen LogP contribution in [-0.2, 0) is 9.47 Å². The summed E-state index contributed by atoms with van der Waals surface area (Å²) in [6.45, 7) is 8.61. The van der Waals surface area contributed by atoms with Gasteiger partial charge in [0.05, 0.1) is 19.3 Å². The normalized spacial score (nSPS) is 22.2. The van der Waals surface area contributed by atoms with Crippen molar-refractivity contribution in [1.29, 1.82) is 0 Å². The molecule has 1 saturated heterocycles. The predicted molar refractivity (Wildman–Crippen MR) is 72.8 cm³/mol. The number of nitrogens with zero attached hydrogens (tertiary/aromatic N) is 1. The Morgan fingerprint density at radius 3 is 2.65 bits per heavy atom. The molecule has 1 fully saturated rings. The van der Waals surface area contributed by atoms with Gasteiger partial charge in [0.1, 0.15) is 0 Å². The highest BCUT2D eigenvalue weighted by Gasteiger charge is 2.24. The van der Waals surface area contributed by atoms with E-state index >= 15 is 0 Å². The molecule has 1 unspecified atom stereocenters. The summed E-state index contributed by atoms with van der Waals surface area (Å²) in [6.07, 6.45) is 2.71. The zero-order valence-corrected chi connectivity index (χ0v) is 12.1. The number of likely N-dealkylation sites (tertiary alicyclic amines) is 1. The summed E-state index contributed by atoms with van der Waals surface area (Å²) in [5.74, 6) is 0. The third kappa shape index (κ3) is 7.95. The van der Waals surface area contributed by atoms with Crippen molar-refractivity contribution in [1.82, 2.24) is 4.90 Å². The molecule has 0 aliphatic carbocycles. The largest absolute Gasteiger partial charge is 0.382 e.